The maximum absolute atomic E-state index is 11.8. The molecule has 0 aliphatic carbocycles. The number of rotatable bonds is 5. The molecule has 2 N–H and O–H groups in total. The number of para-hydroxylation sites is 2. The second-order valence-electron chi connectivity index (χ2n) is 4.55. The molecule has 2 aromatic rings. The average molecular weight is 365 g/mol. The van der Waals surface area contributed by atoms with E-state index in [1.165, 1.54) is 0 Å². The third-order valence-corrected chi connectivity index (χ3v) is 3.56. The molecule has 116 valence electrons. The molecule has 0 fully saturated rings. The number of anilines is 1. The minimum Gasteiger partial charge on any atom is -0.493 e. The minimum absolute atomic E-state index is 0.0374. The Kier molecular flexibility index (Phi) is 5.66. The van der Waals surface area contributed by atoms with Gasteiger partial charge in [-0.1, -0.05) is 18.2 Å². The maximum atomic E-state index is 11.8. The lowest BCUT2D eigenvalue weighted by atomic mass is 10.2. The molecule has 0 atom stereocenters. The molecule has 2 amide bonds. The van der Waals surface area contributed by atoms with Crippen molar-refractivity contribution in [3.63, 3.8) is 0 Å². The summed E-state index contributed by atoms with van der Waals surface area (Å²) >= 11 is 3.41. The van der Waals surface area contributed by atoms with Crippen molar-refractivity contribution in [2.24, 2.45) is 0 Å². The SMILES string of the molecule is COc1ccccc1OCNC(=O)Nc1ccc(C)cc1Br. The summed E-state index contributed by atoms with van der Waals surface area (Å²) in [5.41, 5.74) is 1.80. The van der Waals surface area contributed by atoms with Gasteiger partial charge in [0.15, 0.2) is 18.2 Å². The number of nitrogens with one attached hydrogen (secondary N) is 2. The summed E-state index contributed by atoms with van der Waals surface area (Å²) in [6, 6.07) is 12.6. The predicted molar refractivity (Wildman–Crippen MR) is 89.5 cm³/mol. The van der Waals surface area contributed by atoms with Crippen LogP contribution < -0.4 is 20.1 Å². The molecule has 0 spiro atoms. The average Bonchev–Trinajstić information content (AvgIpc) is 2.50. The van der Waals surface area contributed by atoms with Crippen LogP contribution in [-0.2, 0) is 0 Å². The van der Waals surface area contributed by atoms with Crippen molar-refractivity contribution in [1.29, 1.82) is 0 Å². The Hall–Kier alpha value is -2.21. The highest BCUT2D eigenvalue weighted by Crippen LogP contribution is 2.25. The summed E-state index contributed by atoms with van der Waals surface area (Å²) in [5, 5.41) is 5.37. The van der Waals surface area contributed by atoms with Gasteiger partial charge in [-0.3, -0.25) is 0 Å². The fourth-order valence-corrected chi connectivity index (χ4v) is 2.40. The van der Waals surface area contributed by atoms with Gasteiger partial charge in [0.05, 0.1) is 12.8 Å². The van der Waals surface area contributed by atoms with E-state index in [0.29, 0.717) is 17.2 Å². The highest BCUT2D eigenvalue weighted by atomic mass is 79.9. The molecular formula is C16H17BrN2O3. The van der Waals surface area contributed by atoms with Crippen LogP contribution in [0.5, 0.6) is 11.5 Å². The highest BCUT2D eigenvalue weighted by Gasteiger charge is 2.06. The van der Waals surface area contributed by atoms with E-state index < -0.39 is 0 Å². The molecule has 0 saturated carbocycles. The van der Waals surface area contributed by atoms with E-state index in [-0.39, 0.29) is 12.8 Å². The Labute approximate surface area is 137 Å². The van der Waals surface area contributed by atoms with Crippen molar-refractivity contribution in [2.75, 3.05) is 19.2 Å². The van der Waals surface area contributed by atoms with Gasteiger partial charge in [-0.15, -0.1) is 0 Å². The van der Waals surface area contributed by atoms with Crippen LogP contribution in [0.1, 0.15) is 5.56 Å². The van der Waals surface area contributed by atoms with Crippen LogP contribution in [0, 0.1) is 6.92 Å². The number of halogens is 1. The Morgan fingerprint density at radius 3 is 2.59 bits per heavy atom. The van der Waals surface area contributed by atoms with Crippen LogP contribution in [0.3, 0.4) is 0 Å². The molecular weight excluding hydrogens is 348 g/mol. The number of hydrogen-bond donors (Lipinski definition) is 2. The summed E-state index contributed by atoms with van der Waals surface area (Å²) in [4.78, 5) is 11.8. The van der Waals surface area contributed by atoms with Crippen LogP contribution in [-0.4, -0.2) is 19.9 Å². The van der Waals surface area contributed by atoms with Crippen molar-refractivity contribution in [2.45, 2.75) is 6.92 Å². The molecule has 0 aliphatic heterocycles. The quantitative estimate of drug-likeness (QED) is 0.790. The molecule has 5 nitrogen and oxygen atoms in total. The lowest BCUT2D eigenvalue weighted by Crippen LogP contribution is -2.32. The predicted octanol–water partition coefficient (Wildman–Crippen LogP) is 3.92. The number of amides is 2. The maximum Gasteiger partial charge on any atom is 0.321 e. The summed E-state index contributed by atoms with van der Waals surface area (Å²) in [6.45, 7) is 2.02. The molecule has 0 radical (unpaired) electrons. The first-order valence-corrected chi connectivity index (χ1v) is 7.46. The van der Waals surface area contributed by atoms with E-state index in [1.807, 2.05) is 37.3 Å². The van der Waals surface area contributed by atoms with Gasteiger partial charge < -0.3 is 20.1 Å². The van der Waals surface area contributed by atoms with E-state index in [9.17, 15) is 4.79 Å². The van der Waals surface area contributed by atoms with Gasteiger partial charge in [0, 0.05) is 4.47 Å². The Morgan fingerprint density at radius 2 is 1.91 bits per heavy atom. The standard InChI is InChI=1S/C16H17BrN2O3/c1-11-7-8-13(12(17)9-11)19-16(20)18-10-22-15-6-4-3-5-14(15)21-2/h3-9H,10H2,1-2H3,(H2,18,19,20). The Bertz CT molecular complexity index is 662. The lowest BCUT2D eigenvalue weighted by molar-refractivity contribution is 0.231. The van der Waals surface area contributed by atoms with Crippen LogP contribution in [0.4, 0.5) is 10.5 Å². The summed E-state index contributed by atoms with van der Waals surface area (Å²) in [6.07, 6.45) is 0. The fraction of sp³-hybridized carbons (Fsp3) is 0.188. The monoisotopic (exact) mass is 364 g/mol. The first-order chi connectivity index (χ1) is 10.6. The molecule has 2 rings (SSSR count). The zero-order valence-corrected chi connectivity index (χ0v) is 13.9. The number of methoxy groups -OCH3 is 1. The van der Waals surface area contributed by atoms with E-state index in [1.54, 1.807) is 19.2 Å². The van der Waals surface area contributed by atoms with Gasteiger partial charge in [0.25, 0.3) is 0 Å². The van der Waals surface area contributed by atoms with Crippen molar-refractivity contribution < 1.29 is 14.3 Å². The van der Waals surface area contributed by atoms with E-state index >= 15 is 0 Å². The van der Waals surface area contributed by atoms with Crippen LogP contribution in [0.15, 0.2) is 46.9 Å². The van der Waals surface area contributed by atoms with Crippen molar-refractivity contribution in [3.8, 4) is 11.5 Å². The zero-order valence-electron chi connectivity index (χ0n) is 12.4. The van der Waals surface area contributed by atoms with Gasteiger partial charge in [0.1, 0.15) is 0 Å². The number of carbonyl (C=O) groups is 1. The third-order valence-electron chi connectivity index (χ3n) is 2.90. The number of urea groups is 1. The molecule has 0 saturated heterocycles. The fourth-order valence-electron chi connectivity index (χ4n) is 1.81. The van der Waals surface area contributed by atoms with Crippen molar-refractivity contribution >= 4 is 27.6 Å². The largest absolute Gasteiger partial charge is 0.493 e. The van der Waals surface area contributed by atoms with E-state index in [0.717, 1.165) is 10.0 Å². The molecule has 2 aromatic carbocycles. The Morgan fingerprint density at radius 1 is 1.18 bits per heavy atom. The number of carbonyl (C=O) groups excluding carboxylic acids is 1. The van der Waals surface area contributed by atoms with E-state index in [4.69, 9.17) is 9.47 Å². The number of benzene rings is 2. The number of aryl methyl sites for hydroxylation is 1. The van der Waals surface area contributed by atoms with E-state index in [2.05, 4.69) is 26.6 Å². The van der Waals surface area contributed by atoms with Gasteiger partial charge >= 0.3 is 6.03 Å². The van der Waals surface area contributed by atoms with Gasteiger partial charge in [-0.2, -0.15) is 0 Å². The smallest absolute Gasteiger partial charge is 0.321 e. The topological polar surface area (TPSA) is 59.6 Å². The normalized spacial score (nSPS) is 9.95. The summed E-state index contributed by atoms with van der Waals surface area (Å²) in [7, 11) is 1.57. The van der Waals surface area contributed by atoms with Crippen LogP contribution in [0.2, 0.25) is 0 Å². The molecule has 6 heteroatoms. The molecule has 0 aliphatic rings. The molecule has 22 heavy (non-hydrogen) atoms. The molecule has 0 bridgehead atoms. The van der Waals surface area contributed by atoms with Crippen LogP contribution >= 0.6 is 15.9 Å². The second-order valence-corrected chi connectivity index (χ2v) is 5.41. The lowest BCUT2D eigenvalue weighted by Gasteiger charge is -2.12. The number of hydrogen-bond acceptors (Lipinski definition) is 3. The van der Waals surface area contributed by atoms with Gasteiger partial charge in [-0.25, -0.2) is 4.79 Å². The van der Waals surface area contributed by atoms with Crippen molar-refractivity contribution in [1.82, 2.24) is 5.32 Å². The van der Waals surface area contributed by atoms with Gasteiger partial charge in [-0.05, 0) is 52.7 Å². The minimum atomic E-state index is -0.348. The molecule has 0 heterocycles. The van der Waals surface area contributed by atoms with Crippen LogP contribution in [0.25, 0.3) is 0 Å². The first-order valence-electron chi connectivity index (χ1n) is 6.67. The summed E-state index contributed by atoms with van der Waals surface area (Å²) < 4.78 is 11.5. The number of ether oxygens (including phenoxy) is 2. The Balaban J connectivity index is 1.85. The zero-order chi connectivity index (χ0) is 15.9. The van der Waals surface area contributed by atoms with Crippen molar-refractivity contribution in [3.05, 3.63) is 52.5 Å². The second kappa shape index (κ2) is 7.70. The summed E-state index contributed by atoms with van der Waals surface area (Å²) in [5.74, 6) is 1.19. The van der Waals surface area contributed by atoms with Gasteiger partial charge in [0.2, 0.25) is 0 Å². The third kappa shape index (κ3) is 4.39. The molecule has 0 aromatic heterocycles. The highest BCUT2D eigenvalue weighted by molar-refractivity contribution is 9.10. The first kappa shape index (κ1) is 16.2. The molecule has 0 unspecified atom stereocenters.